The molecular weight excluding hydrogens is 345 g/mol. The van der Waals surface area contributed by atoms with Gasteiger partial charge in [-0.25, -0.2) is 0 Å². The Labute approximate surface area is 118 Å². The lowest BCUT2D eigenvalue weighted by Gasteiger charge is -2.26. The molecule has 0 atom stereocenters. The Morgan fingerprint density at radius 1 is 1.33 bits per heavy atom. The first-order valence-corrected chi connectivity index (χ1v) is 6.96. The van der Waals surface area contributed by atoms with Crippen LogP contribution < -0.4 is 5.73 Å². The van der Waals surface area contributed by atoms with Crippen LogP contribution in [0.15, 0.2) is 16.7 Å². The number of nitrogen functional groups attached to an aromatic ring is 1. The van der Waals surface area contributed by atoms with Crippen LogP contribution in [0.3, 0.4) is 0 Å². The number of halogens is 1. The van der Waals surface area contributed by atoms with Crippen LogP contribution in [0.25, 0.3) is 11.0 Å². The highest BCUT2D eigenvalue weighted by molar-refractivity contribution is 14.1. The van der Waals surface area contributed by atoms with E-state index in [0.717, 1.165) is 53.0 Å². The zero-order valence-electron chi connectivity index (χ0n) is 9.86. The van der Waals surface area contributed by atoms with Gasteiger partial charge in [0.15, 0.2) is 11.4 Å². The molecule has 2 N–H and O–H groups in total. The highest BCUT2D eigenvalue weighted by Crippen LogP contribution is 2.29. The Morgan fingerprint density at radius 3 is 2.89 bits per heavy atom. The molecule has 2 heterocycles. The van der Waals surface area contributed by atoms with Gasteiger partial charge in [-0.2, -0.15) is 0 Å². The van der Waals surface area contributed by atoms with Crippen LogP contribution in [0.1, 0.15) is 5.56 Å². The van der Waals surface area contributed by atoms with Crippen LogP contribution in [-0.4, -0.2) is 36.4 Å². The third kappa shape index (κ3) is 2.19. The molecule has 1 saturated heterocycles. The number of hydrogen-bond donors (Lipinski definition) is 1. The third-order valence-corrected chi connectivity index (χ3v) is 4.08. The average Bonchev–Trinajstić information content (AvgIpc) is 2.78. The molecule has 3 rings (SSSR count). The van der Waals surface area contributed by atoms with Gasteiger partial charge >= 0.3 is 0 Å². The van der Waals surface area contributed by atoms with Crippen molar-refractivity contribution in [3.63, 3.8) is 0 Å². The van der Waals surface area contributed by atoms with E-state index in [9.17, 15) is 0 Å². The Morgan fingerprint density at radius 2 is 2.11 bits per heavy atom. The SMILES string of the molecule is Nc1noc2c(CN3CCOCC3)ccc(I)c12. The molecule has 5 nitrogen and oxygen atoms in total. The lowest BCUT2D eigenvalue weighted by atomic mass is 10.1. The van der Waals surface area contributed by atoms with Gasteiger partial charge in [-0.1, -0.05) is 11.2 Å². The van der Waals surface area contributed by atoms with Crippen molar-refractivity contribution in [2.75, 3.05) is 32.0 Å². The summed E-state index contributed by atoms with van der Waals surface area (Å²) < 4.78 is 11.8. The third-order valence-electron chi connectivity index (χ3n) is 3.18. The van der Waals surface area contributed by atoms with Crippen LogP contribution in [0.5, 0.6) is 0 Å². The predicted molar refractivity (Wildman–Crippen MR) is 77.2 cm³/mol. The summed E-state index contributed by atoms with van der Waals surface area (Å²) in [6, 6.07) is 4.15. The molecule has 0 saturated carbocycles. The molecule has 0 bridgehead atoms. The second-order valence-electron chi connectivity index (χ2n) is 4.37. The van der Waals surface area contributed by atoms with Gasteiger partial charge in [-0.3, -0.25) is 4.90 Å². The lowest BCUT2D eigenvalue weighted by molar-refractivity contribution is 0.0342. The Hall–Kier alpha value is -0.860. The second kappa shape index (κ2) is 5.02. The number of rotatable bonds is 2. The molecule has 6 heteroatoms. The maximum atomic E-state index is 5.84. The topological polar surface area (TPSA) is 64.5 Å². The summed E-state index contributed by atoms with van der Waals surface area (Å²) in [5.41, 5.74) is 7.78. The van der Waals surface area contributed by atoms with Gasteiger partial charge in [0.05, 0.1) is 18.6 Å². The summed E-state index contributed by atoms with van der Waals surface area (Å²) in [6.45, 7) is 4.36. The highest BCUT2D eigenvalue weighted by atomic mass is 127. The Bertz CT molecular complexity index is 564. The number of morpholine rings is 1. The molecule has 1 aromatic carbocycles. The van der Waals surface area contributed by atoms with Crippen molar-refractivity contribution in [3.8, 4) is 0 Å². The van der Waals surface area contributed by atoms with E-state index in [1.165, 1.54) is 0 Å². The number of aromatic nitrogens is 1. The summed E-state index contributed by atoms with van der Waals surface area (Å²) >= 11 is 2.25. The van der Waals surface area contributed by atoms with Crippen LogP contribution in [0.2, 0.25) is 0 Å². The highest BCUT2D eigenvalue weighted by Gasteiger charge is 2.17. The molecule has 1 aliphatic rings. The fourth-order valence-corrected chi connectivity index (χ4v) is 2.91. The van der Waals surface area contributed by atoms with Crippen LogP contribution in [-0.2, 0) is 11.3 Å². The number of nitrogens with two attached hydrogens (primary N) is 1. The van der Waals surface area contributed by atoms with E-state index in [4.69, 9.17) is 15.0 Å². The van der Waals surface area contributed by atoms with Crippen LogP contribution in [0, 0.1) is 3.57 Å². The van der Waals surface area contributed by atoms with Gasteiger partial charge in [-0.15, -0.1) is 0 Å². The van der Waals surface area contributed by atoms with E-state index < -0.39 is 0 Å². The van der Waals surface area contributed by atoms with Crippen molar-refractivity contribution >= 4 is 39.4 Å². The smallest absolute Gasteiger partial charge is 0.175 e. The van der Waals surface area contributed by atoms with Crippen LogP contribution >= 0.6 is 22.6 Å². The van der Waals surface area contributed by atoms with Gasteiger partial charge in [-0.05, 0) is 28.7 Å². The summed E-state index contributed by atoms with van der Waals surface area (Å²) in [5.74, 6) is 0.471. The minimum absolute atomic E-state index is 0.471. The summed E-state index contributed by atoms with van der Waals surface area (Å²) in [6.07, 6.45) is 0. The van der Waals surface area contributed by atoms with Gasteiger partial charge in [0.2, 0.25) is 0 Å². The first kappa shape index (κ1) is 12.2. The monoisotopic (exact) mass is 359 g/mol. The summed E-state index contributed by atoms with van der Waals surface area (Å²) in [4.78, 5) is 2.35. The number of anilines is 1. The molecule has 0 aliphatic carbocycles. The molecule has 1 aliphatic heterocycles. The van der Waals surface area contributed by atoms with Crippen molar-refractivity contribution in [2.45, 2.75) is 6.54 Å². The van der Waals surface area contributed by atoms with E-state index in [2.05, 4.69) is 44.8 Å². The maximum absolute atomic E-state index is 5.84. The first-order chi connectivity index (χ1) is 8.75. The number of ether oxygens (including phenoxy) is 1. The second-order valence-corrected chi connectivity index (χ2v) is 5.53. The largest absolute Gasteiger partial charge is 0.380 e. The summed E-state index contributed by atoms with van der Waals surface area (Å²) in [5, 5.41) is 4.80. The van der Waals surface area contributed by atoms with Crippen molar-refractivity contribution in [2.24, 2.45) is 0 Å². The van der Waals surface area contributed by atoms with Crippen molar-refractivity contribution in [1.82, 2.24) is 10.1 Å². The zero-order valence-corrected chi connectivity index (χ0v) is 12.0. The molecule has 1 aromatic heterocycles. The maximum Gasteiger partial charge on any atom is 0.175 e. The van der Waals surface area contributed by atoms with Gasteiger partial charge < -0.3 is 15.0 Å². The minimum Gasteiger partial charge on any atom is -0.380 e. The lowest BCUT2D eigenvalue weighted by Crippen LogP contribution is -2.35. The van der Waals surface area contributed by atoms with E-state index >= 15 is 0 Å². The molecule has 18 heavy (non-hydrogen) atoms. The average molecular weight is 359 g/mol. The number of benzene rings is 1. The standard InChI is InChI=1S/C12H14IN3O2/c13-9-2-1-8(7-16-3-5-17-6-4-16)11-10(9)12(14)15-18-11/h1-2H,3-7H2,(H2,14,15). The minimum atomic E-state index is 0.471. The first-order valence-electron chi connectivity index (χ1n) is 5.88. The van der Waals surface area contributed by atoms with E-state index in [0.29, 0.717) is 5.82 Å². The zero-order chi connectivity index (χ0) is 12.5. The summed E-state index contributed by atoms with van der Waals surface area (Å²) in [7, 11) is 0. The van der Waals surface area contributed by atoms with Crippen LogP contribution in [0.4, 0.5) is 5.82 Å². The molecule has 0 radical (unpaired) electrons. The quantitative estimate of drug-likeness (QED) is 0.830. The molecule has 96 valence electrons. The number of nitrogens with zero attached hydrogens (tertiary/aromatic N) is 2. The number of hydrogen-bond acceptors (Lipinski definition) is 5. The van der Waals surface area contributed by atoms with E-state index in [-0.39, 0.29) is 0 Å². The van der Waals surface area contributed by atoms with Gasteiger partial charge in [0, 0.05) is 28.8 Å². The Balaban J connectivity index is 1.94. The van der Waals surface area contributed by atoms with Crippen molar-refractivity contribution < 1.29 is 9.26 Å². The molecular formula is C12H14IN3O2. The molecule has 0 amide bonds. The number of fused-ring (bicyclic) bond motifs is 1. The fourth-order valence-electron chi connectivity index (χ4n) is 2.21. The molecule has 2 aromatic rings. The molecule has 1 fully saturated rings. The predicted octanol–water partition coefficient (Wildman–Crippen LogP) is 1.85. The van der Waals surface area contributed by atoms with Crippen molar-refractivity contribution in [1.29, 1.82) is 0 Å². The molecule has 0 spiro atoms. The normalized spacial score (nSPS) is 17.4. The van der Waals surface area contributed by atoms with E-state index in [1.54, 1.807) is 0 Å². The fraction of sp³-hybridized carbons (Fsp3) is 0.417. The van der Waals surface area contributed by atoms with Gasteiger partial charge in [0.1, 0.15) is 0 Å². The van der Waals surface area contributed by atoms with E-state index in [1.807, 2.05) is 0 Å². The molecule has 0 unspecified atom stereocenters. The Kier molecular flexibility index (Phi) is 3.40. The van der Waals surface area contributed by atoms with Crippen molar-refractivity contribution in [3.05, 3.63) is 21.3 Å². The van der Waals surface area contributed by atoms with Gasteiger partial charge in [0.25, 0.3) is 0 Å².